The maximum absolute atomic E-state index is 12.6. The van der Waals surface area contributed by atoms with E-state index in [2.05, 4.69) is 42.7 Å². The molecule has 0 saturated heterocycles. The van der Waals surface area contributed by atoms with E-state index in [1.165, 1.54) is 77.0 Å². The Bertz CT molecular complexity index is 997. The van der Waals surface area contributed by atoms with Crippen molar-refractivity contribution in [2.75, 3.05) is 19.8 Å². The van der Waals surface area contributed by atoms with Crippen LogP contribution in [0.5, 0.6) is 0 Å². The number of carboxylic acid groups (broad SMARTS) is 1. The molecule has 0 aliphatic heterocycles. The first-order chi connectivity index (χ1) is 25.1. The van der Waals surface area contributed by atoms with E-state index >= 15 is 0 Å². The molecule has 0 saturated carbocycles. The SMILES string of the molecule is CCCCC/C=C/C/C=C/CCCCCCCC(=O)OC(COC(=O)CCCCCCCCCCCCCCC)COP(=O)(O)OCC(N)C(=O)[O-].[Na+]. The molecule has 0 spiro atoms. The number of allylic oxidation sites excluding steroid dienone is 4. The number of ether oxygens (including phenoxy) is 2. The molecule has 53 heavy (non-hydrogen) atoms. The summed E-state index contributed by atoms with van der Waals surface area (Å²) in [6.45, 7) is 2.66. The molecular weight excluding hydrogens is 708 g/mol. The van der Waals surface area contributed by atoms with Crippen LogP contribution in [0.2, 0.25) is 0 Å². The summed E-state index contributed by atoms with van der Waals surface area (Å²) in [5, 5.41) is 10.8. The summed E-state index contributed by atoms with van der Waals surface area (Å²) in [6.07, 6.45) is 35.1. The number of hydrogen-bond donors (Lipinski definition) is 2. The summed E-state index contributed by atoms with van der Waals surface area (Å²) in [6, 6.07) is -1.63. The molecule has 0 bridgehead atoms. The number of carbonyl (C=O) groups excluding carboxylic acids is 3. The van der Waals surface area contributed by atoms with E-state index in [4.69, 9.17) is 19.7 Å². The van der Waals surface area contributed by atoms with Gasteiger partial charge in [-0.15, -0.1) is 0 Å². The van der Waals surface area contributed by atoms with E-state index in [0.717, 1.165) is 64.2 Å². The van der Waals surface area contributed by atoms with E-state index in [-0.39, 0.29) is 49.0 Å². The third-order valence-corrected chi connectivity index (χ3v) is 9.64. The Labute approximate surface area is 343 Å². The molecule has 3 unspecified atom stereocenters. The van der Waals surface area contributed by atoms with Crippen molar-refractivity contribution in [3.63, 3.8) is 0 Å². The Morgan fingerprint density at radius 2 is 1.04 bits per heavy atom. The zero-order valence-corrected chi connectivity index (χ0v) is 36.5. The Morgan fingerprint density at radius 3 is 1.55 bits per heavy atom. The van der Waals surface area contributed by atoms with Gasteiger partial charge in [0.1, 0.15) is 6.61 Å². The smallest absolute Gasteiger partial charge is 0.548 e. The van der Waals surface area contributed by atoms with E-state index in [9.17, 15) is 28.9 Å². The Hall–Kier alpha value is -1.04. The second-order valence-corrected chi connectivity index (χ2v) is 15.2. The number of hydrogen-bond acceptors (Lipinski definition) is 10. The van der Waals surface area contributed by atoms with Gasteiger partial charge in [0.05, 0.1) is 25.2 Å². The normalized spacial score (nSPS) is 13.8. The number of phosphoric acid groups is 1. The summed E-state index contributed by atoms with van der Waals surface area (Å²) in [4.78, 5) is 45.7. The molecule has 11 nitrogen and oxygen atoms in total. The monoisotopic (exact) mass is 781 g/mol. The van der Waals surface area contributed by atoms with Crippen LogP contribution in [-0.2, 0) is 37.5 Å². The molecule has 0 aliphatic carbocycles. The number of aliphatic carboxylic acids is 1. The van der Waals surface area contributed by atoms with Crippen LogP contribution in [0.25, 0.3) is 0 Å². The van der Waals surface area contributed by atoms with Gasteiger partial charge in [0.25, 0.3) is 0 Å². The molecule has 0 aliphatic rings. The molecule has 0 aromatic heterocycles. The first-order valence-corrected chi connectivity index (χ1v) is 21.8. The van der Waals surface area contributed by atoms with Crippen molar-refractivity contribution in [1.29, 1.82) is 0 Å². The van der Waals surface area contributed by atoms with Gasteiger partial charge in [-0.05, 0) is 44.9 Å². The van der Waals surface area contributed by atoms with Gasteiger partial charge in [0, 0.05) is 12.8 Å². The molecule has 0 radical (unpaired) electrons. The third-order valence-electron chi connectivity index (χ3n) is 8.69. The second kappa shape index (κ2) is 39.2. The van der Waals surface area contributed by atoms with Crippen LogP contribution in [0.3, 0.4) is 0 Å². The summed E-state index contributed by atoms with van der Waals surface area (Å²) in [5.41, 5.74) is 5.26. The fraction of sp³-hybridized carbons (Fsp3) is 0.825. The fourth-order valence-electron chi connectivity index (χ4n) is 5.44. The number of rotatable bonds is 38. The topological polar surface area (TPSA) is 175 Å². The third kappa shape index (κ3) is 39.0. The van der Waals surface area contributed by atoms with Crippen LogP contribution in [0.1, 0.15) is 181 Å². The average molecular weight is 782 g/mol. The van der Waals surface area contributed by atoms with Crippen molar-refractivity contribution in [3.05, 3.63) is 24.3 Å². The fourth-order valence-corrected chi connectivity index (χ4v) is 6.22. The molecule has 13 heteroatoms. The minimum atomic E-state index is -4.74. The Kier molecular flexibility index (Phi) is 40.0. The van der Waals surface area contributed by atoms with Crippen molar-refractivity contribution in [1.82, 2.24) is 0 Å². The molecule has 0 heterocycles. The number of esters is 2. The van der Waals surface area contributed by atoms with Gasteiger partial charge >= 0.3 is 49.3 Å². The molecule has 0 aromatic rings. The van der Waals surface area contributed by atoms with Crippen LogP contribution in [0.4, 0.5) is 0 Å². The number of nitrogens with two attached hydrogens (primary N) is 1. The van der Waals surface area contributed by atoms with Crippen LogP contribution in [0, 0.1) is 0 Å². The quantitative estimate of drug-likeness (QED) is 0.0249. The second-order valence-electron chi connectivity index (χ2n) is 13.8. The number of phosphoric ester groups is 1. The average Bonchev–Trinajstić information content (AvgIpc) is 3.12. The standard InChI is InChI=1S/C40H74NO10P.Na/c1-3-5-7-9-11-13-15-17-18-20-22-24-26-28-30-32-39(43)51-36(34-49-52(46,47)50-35-37(41)40(44)45)33-48-38(42)31-29-27-25-23-21-19-16-14-12-10-8-6-4-2;/h11,13,17-18,36-37H,3-10,12,14-16,19-35,41H2,1-2H3,(H,44,45)(H,46,47);/q;+1/p-1/b13-11+,18-17+;. The van der Waals surface area contributed by atoms with Gasteiger partial charge in [0.2, 0.25) is 0 Å². The van der Waals surface area contributed by atoms with Gasteiger partial charge in [-0.25, -0.2) is 4.57 Å². The predicted octanol–water partition coefficient (Wildman–Crippen LogP) is 5.95. The minimum Gasteiger partial charge on any atom is -0.548 e. The minimum absolute atomic E-state index is 0. The molecule has 304 valence electrons. The Morgan fingerprint density at radius 1 is 0.623 bits per heavy atom. The van der Waals surface area contributed by atoms with Crippen LogP contribution in [-0.4, -0.2) is 54.8 Å². The summed E-state index contributed by atoms with van der Waals surface area (Å²) in [5.74, 6) is -2.66. The van der Waals surface area contributed by atoms with Gasteiger partial charge in [-0.1, -0.05) is 147 Å². The van der Waals surface area contributed by atoms with Crippen molar-refractivity contribution < 1.29 is 77.0 Å². The van der Waals surface area contributed by atoms with Crippen molar-refractivity contribution >= 4 is 25.7 Å². The molecule has 3 N–H and O–H groups in total. The largest absolute Gasteiger partial charge is 1.00 e. The summed E-state index contributed by atoms with van der Waals surface area (Å²) >= 11 is 0. The molecule has 0 fully saturated rings. The van der Waals surface area contributed by atoms with E-state index in [1.54, 1.807) is 0 Å². The van der Waals surface area contributed by atoms with Crippen LogP contribution in [0.15, 0.2) is 24.3 Å². The van der Waals surface area contributed by atoms with Crippen LogP contribution < -0.4 is 40.4 Å². The van der Waals surface area contributed by atoms with E-state index in [1.807, 2.05) is 0 Å². The van der Waals surface area contributed by atoms with Gasteiger partial charge in [0.15, 0.2) is 6.10 Å². The first kappa shape index (κ1) is 54.1. The molecule has 0 aromatic carbocycles. The van der Waals surface area contributed by atoms with Crippen LogP contribution >= 0.6 is 7.82 Å². The predicted molar refractivity (Wildman–Crippen MR) is 205 cm³/mol. The first-order valence-electron chi connectivity index (χ1n) is 20.3. The van der Waals surface area contributed by atoms with E-state index < -0.39 is 51.1 Å². The Balaban J connectivity index is 0. The number of carbonyl (C=O) groups is 3. The van der Waals surface area contributed by atoms with Crippen molar-refractivity contribution in [2.45, 2.75) is 193 Å². The van der Waals surface area contributed by atoms with Gasteiger partial charge < -0.3 is 30.0 Å². The number of unbranched alkanes of at least 4 members (excludes halogenated alkanes) is 20. The summed E-state index contributed by atoms with van der Waals surface area (Å²) < 4.78 is 32.5. The maximum atomic E-state index is 12.6. The van der Waals surface area contributed by atoms with Gasteiger partial charge in [-0.2, -0.15) is 0 Å². The number of carboxylic acids is 1. The maximum Gasteiger partial charge on any atom is 1.00 e. The molecule has 3 atom stereocenters. The zero-order valence-electron chi connectivity index (χ0n) is 33.6. The van der Waals surface area contributed by atoms with Gasteiger partial charge in [-0.3, -0.25) is 18.6 Å². The zero-order chi connectivity index (χ0) is 38.5. The van der Waals surface area contributed by atoms with E-state index in [0.29, 0.717) is 12.8 Å². The van der Waals surface area contributed by atoms with Crippen molar-refractivity contribution in [3.8, 4) is 0 Å². The summed E-state index contributed by atoms with van der Waals surface area (Å²) in [7, 11) is -4.74. The molecular formula is C40H73NNaO10P. The molecule has 0 rings (SSSR count). The van der Waals surface area contributed by atoms with Crippen molar-refractivity contribution in [2.24, 2.45) is 5.73 Å². The molecule has 0 amide bonds.